The van der Waals surface area contributed by atoms with Crippen LogP contribution in [-0.4, -0.2) is 31.0 Å². The number of rotatable bonds is 4. The molecule has 0 aliphatic rings. The number of ketones is 1. The third kappa shape index (κ3) is 2.92. The summed E-state index contributed by atoms with van der Waals surface area (Å²) >= 11 is 7.34. The van der Waals surface area contributed by atoms with Gasteiger partial charge in [0, 0.05) is 28.4 Å². The Labute approximate surface area is 153 Å². The Morgan fingerprint density at radius 3 is 2.88 bits per heavy atom. The SMILES string of the molecule is Cc1[nH]c2ccccc2c1C(=O)[C@@H](C)Sc1nc2ncc(Cl)cc2[nH]1. The van der Waals surface area contributed by atoms with E-state index < -0.39 is 0 Å². The fourth-order valence-corrected chi connectivity index (χ4v) is 3.95. The van der Waals surface area contributed by atoms with E-state index in [0.29, 0.717) is 15.8 Å². The molecule has 0 spiro atoms. The molecule has 0 amide bonds. The van der Waals surface area contributed by atoms with Crippen molar-refractivity contribution in [3.8, 4) is 0 Å². The van der Waals surface area contributed by atoms with E-state index in [1.54, 1.807) is 12.3 Å². The monoisotopic (exact) mass is 370 g/mol. The molecule has 0 aliphatic heterocycles. The van der Waals surface area contributed by atoms with Crippen molar-refractivity contribution in [2.75, 3.05) is 0 Å². The molecule has 3 aromatic heterocycles. The van der Waals surface area contributed by atoms with E-state index in [1.165, 1.54) is 11.8 Å². The number of thioether (sulfide) groups is 1. The first kappa shape index (κ1) is 16.2. The third-order valence-corrected chi connectivity index (χ3v) is 5.27. The lowest BCUT2D eigenvalue weighted by molar-refractivity contribution is 0.0995. The zero-order valence-electron chi connectivity index (χ0n) is 13.6. The highest BCUT2D eigenvalue weighted by Gasteiger charge is 2.23. The number of benzene rings is 1. The Hall–Kier alpha value is -2.31. The van der Waals surface area contributed by atoms with Crippen molar-refractivity contribution in [2.24, 2.45) is 0 Å². The van der Waals surface area contributed by atoms with Crippen LogP contribution in [-0.2, 0) is 0 Å². The standard InChI is InChI=1S/C18H15ClN4OS/c1-9-15(12-5-3-4-6-13(12)21-9)16(24)10(2)25-18-22-14-7-11(19)8-20-17(14)23-18/h3-8,10,21H,1-2H3,(H,20,22,23)/t10-/m1/s1. The zero-order chi connectivity index (χ0) is 17.6. The van der Waals surface area contributed by atoms with Crippen LogP contribution in [0.4, 0.5) is 0 Å². The van der Waals surface area contributed by atoms with Crippen molar-refractivity contribution in [1.82, 2.24) is 19.9 Å². The number of aromatic nitrogens is 4. The van der Waals surface area contributed by atoms with Gasteiger partial charge in [-0.25, -0.2) is 9.97 Å². The number of nitrogens with one attached hydrogen (secondary N) is 2. The van der Waals surface area contributed by atoms with Crippen molar-refractivity contribution in [2.45, 2.75) is 24.3 Å². The number of aromatic amines is 2. The molecule has 7 heteroatoms. The zero-order valence-corrected chi connectivity index (χ0v) is 15.2. The highest BCUT2D eigenvalue weighted by molar-refractivity contribution is 8.00. The summed E-state index contributed by atoms with van der Waals surface area (Å²) in [5.74, 6) is 0.0754. The second-order valence-corrected chi connectivity index (χ2v) is 7.63. The van der Waals surface area contributed by atoms with E-state index in [2.05, 4.69) is 19.9 Å². The Balaban J connectivity index is 1.64. The van der Waals surface area contributed by atoms with Gasteiger partial charge in [0.25, 0.3) is 0 Å². The quantitative estimate of drug-likeness (QED) is 0.401. The first-order valence-electron chi connectivity index (χ1n) is 7.82. The fourth-order valence-electron chi connectivity index (χ4n) is 2.93. The van der Waals surface area contributed by atoms with Gasteiger partial charge in [-0.3, -0.25) is 4.79 Å². The number of aryl methyl sites for hydroxylation is 1. The number of H-pyrrole nitrogens is 2. The lowest BCUT2D eigenvalue weighted by atomic mass is 10.1. The van der Waals surface area contributed by atoms with Crippen LogP contribution in [0, 0.1) is 6.92 Å². The van der Waals surface area contributed by atoms with E-state index in [1.807, 2.05) is 38.1 Å². The van der Waals surface area contributed by atoms with Crippen LogP contribution in [0.1, 0.15) is 23.0 Å². The van der Waals surface area contributed by atoms with Crippen LogP contribution in [0.3, 0.4) is 0 Å². The van der Waals surface area contributed by atoms with Gasteiger partial charge in [-0.1, -0.05) is 41.6 Å². The molecule has 5 nitrogen and oxygen atoms in total. The lowest BCUT2D eigenvalue weighted by Crippen LogP contribution is -2.14. The summed E-state index contributed by atoms with van der Waals surface area (Å²) in [7, 11) is 0. The number of hydrogen-bond acceptors (Lipinski definition) is 4. The molecule has 0 saturated carbocycles. The van der Waals surface area contributed by atoms with Crippen LogP contribution in [0.2, 0.25) is 5.02 Å². The van der Waals surface area contributed by atoms with Gasteiger partial charge in [-0.15, -0.1) is 0 Å². The minimum Gasteiger partial charge on any atom is -0.358 e. The Kier molecular flexibility index (Phi) is 4.01. The van der Waals surface area contributed by atoms with E-state index in [9.17, 15) is 4.79 Å². The van der Waals surface area contributed by atoms with E-state index in [4.69, 9.17) is 11.6 Å². The van der Waals surface area contributed by atoms with Crippen molar-refractivity contribution >= 4 is 51.2 Å². The summed E-state index contributed by atoms with van der Waals surface area (Å²) in [6.45, 7) is 3.82. The number of carbonyl (C=O) groups excluding carboxylic acids is 1. The summed E-state index contributed by atoms with van der Waals surface area (Å²) < 4.78 is 0. The lowest BCUT2D eigenvalue weighted by Gasteiger charge is -2.08. The topological polar surface area (TPSA) is 74.4 Å². The predicted molar refractivity (Wildman–Crippen MR) is 102 cm³/mol. The number of imidazole rings is 1. The maximum absolute atomic E-state index is 13.0. The molecular formula is C18H15ClN4OS. The molecule has 4 aromatic rings. The maximum atomic E-state index is 13.0. The number of hydrogen-bond donors (Lipinski definition) is 2. The molecule has 25 heavy (non-hydrogen) atoms. The summed E-state index contributed by atoms with van der Waals surface area (Å²) in [5.41, 5.74) is 3.96. The first-order chi connectivity index (χ1) is 12.0. The molecular weight excluding hydrogens is 356 g/mol. The van der Waals surface area contributed by atoms with E-state index in [-0.39, 0.29) is 11.0 Å². The highest BCUT2D eigenvalue weighted by atomic mass is 35.5. The van der Waals surface area contributed by atoms with Crippen LogP contribution in [0.25, 0.3) is 22.1 Å². The van der Waals surface area contributed by atoms with Gasteiger partial charge in [-0.05, 0) is 26.0 Å². The third-order valence-electron chi connectivity index (χ3n) is 4.08. The Bertz CT molecular complexity index is 1100. The number of fused-ring (bicyclic) bond motifs is 2. The van der Waals surface area contributed by atoms with Gasteiger partial charge >= 0.3 is 0 Å². The largest absolute Gasteiger partial charge is 0.358 e. The predicted octanol–water partition coefficient (Wildman–Crippen LogP) is 4.76. The fraction of sp³-hybridized carbons (Fsp3) is 0.167. The number of halogens is 1. The normalized spacial score (nSPS) is 12.8. The maximum Gasteiger partial charge on any atom is 0.178 e. The molecule has 3 heterocycles. The Morgan fingerprint density at radius 1 is 1.24 bits per heavy atom. The molecule has 1 atom stereocenters. The summed E-state index contributed by atoms with van der Waals surface area (Å²) in [4.78, 5) is 28.0. The van der Waals surface area contributed by atoms with Gasteiger partial charge in [0.05, 0.1) is 15.8 Å². The number of carbonyl (C=O) groups is 1. The van der Waals surface area contributed by atoms with Crippen LogP contribution < -0.4 is 0 Å². The molecule has 0 aliphatic carbocycles. The number of nitrogens with zero attached hydrogens (tertiary/aromatic N) is 2. The Morgan fingerprint density at radius 2 is 2.04 bits per heavy atom. The molecule has 0 bridgehead atoms. The average molecular weight is 371 g/mol. The molecule has 126 valence electrons. The molecule has 1 aromatic carbocycles. The molecule has 0 radical (unpaired) electrons. The molecule has 0 fully saturated rings. The second-order valence-electron chi connectivity index (χ2n) is 5.86. The number of Topliss-reactive ketones (excluding diaryl/α,β-unsaturated/α-hetero) is 1. The molecule has 2 N–H and O–H groups in total. The van der Waals surface area contributed by atoms with Crippen molar-refractivity contribution in [3.63, 3.8) is 0 Å². The average Bonchev–Trinajstić information content (AvgIpc) is 3.12. The van der Waals surface area contributed by atoms with Crippen molar-refractivity contribution < 1.29 is 4.79 Å². The van der Waals surface area contributed by atoms with Gasteiger partial charge in [0.15, 0.2) is 16.6 Å². The molecule has 0 unspecified atom stereocenters. The van der Waals surface area contributed by atoms with Crippen LogP contribution in [0.5, 0.6) is 0 Å². The molecule has 0 saturated heterocycles. The van der Waals surface area contributed by atoms with Gasteiger partial charge in [0.1, 0.15) is 0 Å². The van der Waals surface area contributed by atoms with E-state index in [0.717, 1.165) is 27.7 Å². The minimum atomic E-state index is -0.283. The molecule has 4 rings (SSSR count). The number of pyridine rings is 1. The van der Waals surface area contributed by atoms with Crippen LogP contribution in [0.15, 0.2) is 41.7 Å². The van der Waals surface area contributed by atoms with Gasteiger partial charge in [-0.2, -0.15) is 0 Å². The highest BCUT2D eigenvalue weighted by Crippen LogP contribution is 2.29. The summed E-state index contributed by atoms with van der Waals surface area (Å²) in [6, 6.07) is 9.62. The second kappa shape index (κ2) is 6.20. The first-order valence-corrected chi connectivity index (χ1v) is 9.08. The van der Waals surface area contributed by atoms with Gasteiger partial charge < -0.3 is 9.97 Å². The van der Waals surface area contributed by atoms with E-state index >= 15 is 0 Å². The van der Waals surface area contributed by atoms with Crippen molar-refractivity contribution in [1.29, 1.82) is 0 Å². The van der Waals surface area contributed by atoms with Crippen LogP contribution >= 0.6 is 23.4 Å². The number of para-hydroxylation sites is 1. The smallest absolute Gasteiger partial charge is 0.178 e. The van der Waals surface area contributed by atoms with Crippen molar-refractivity contribution in [3.05, 3.63) is 52.8 Å². The summed E-state index contributed by atoms with van der Waals surface area (Å²) in [5, 5.41) is 1.87. The minimum absolute atomic E-state index is 0.0754. The summed E-state index contributed by atoms with van der Waals surface area (Å²) in [6.07, 6.45) is 1.56. The van der Waals surface area contributed by atoms with Gasteiger partial charge in [0.2, 0.25) is 0 Å².